The first kappa shape index (κ1) is 22.9. The lowest BCUT2D eigenvalue weighted by Gasteiger charge is -2.26. The fraction of sp³-hybridized carbons (Fsp3) is 0.458. The van der Waals surface area contributed by atoms with Gasteiger partial charge in [0.2, 0.25) is 0 Å². The molecule has 31 heavy (non-hydrogen) atoms. The third kappa shape index (κ3) is 8.11. The van der Waals surface area contributed by atoms with Crippen LogP contribution in [0, 0.1) is 0 Å². The minimum atomic E-state index is 0.591. The highest BCUT2D eigenvalue weighted by Crippen LogP contribution is 2.13. The Morgan fingerprint density at radius 1 is 1.03 bits per heavy atom. The predicted molar refractivity (Wildman–Crippen MR) is 124 cm³/mol. The summed E-state index contributed by atoms with van der Waals surface area (Å²) in [6.07, 6.45) is 0. The van der Waals surface area contributed by atoms with Gasteiger partial charge in [-0.1, -0.05) is 30.3 Å². The number of aliphatic imine (C=N–C) groups is 1. The highest BCUT2D eigenvalue weighted by atomic mass is 16.5. The number of para-hydroxylation sites is 1. The molecule has 0 atom stereocenters. The van der Waals surface area contributed by atoms with Crippen LogP contribution in [0.4, 0.5) is 0 Å². The summed E-state index contributed by atoms with van der Waals surface area (Å²) in [4.78, 5) is 8.81. The van der Waals surface area contributed by atoms with E-state index in [1.54, 1.807) is 7.05 Å². The number of ether oxygens (including phenoxy) is 3. The molecule has 7 heteroatoms. The van der Waals surface area contributed by atoms with E-state index in [9.17, 15) is 0 Å². The van der Waals surface area contributed by atoms with Gasteiger partial charge < -0.3 is 24.4 Å². The van der Waals surface area contributed by atoms with Gasteiger partial charge in [0.1, 0.15) is 24.7 Å². The predicted octanol–water partition coefficient (Wildman–Crippen LogP) is 2.48. The lowest BCUT2D eigenvalue weighted by Crippen LogP contribution is -2.40. The van der Waals surface area contributed by atoms with E-state index >= 15 is 0 Å². The Balaban J connectivity index is 1.39. The van der Waals surface area contributed by atoms with E-state index in [0.717, 1.165) is 62.4 Å². The maximum Gasteiger partial charge on any atom is 0.193 e. The maximum absolute atomic E-state index is 5.96. The van der Waals surface area contributed by atoms with Gasteiger partial charge in [0.15, 0.2) is 5.96 Å². The van der Waals surface area contributed by atoms with Gasteiger partial charge in [-0.15, -0.1) is 0 Å². The first-order valence-electron chi connectivity index (χ1n) is 10.9. The van der Waals surface area contributed by atoms with Crippen LogP contribution in [-0.2, 0) is 11.3 Å². The van der Waals surface area contributed by atoms with Crippen LogP contribution in [0.15, 0.2) is 59.6 Å². The van der Waals surface area contributed by atoms with Crippen molar-refractivity contribution in [3.05, 3.63) is 60.2 Å². The Bertz CT molecular complexity index is 794. The molecule has 0 spiro atoms. The Hall–Kier alpha value is -2.77. The molecule has 3 rings (SSSR count). The molecule has 2 aromatic rings. The Morgan fingerprint density at radius 3 is 2.55 bits per heavy atom. The van der Waals surface area contributed by atoms with E-state index in [1.807, 2.05) is 49.5 Å². The average molecular weight is 427 g/mol. The van der Waals surface area contributed by atoms with Crippen molar-refractivity contribution in [2.75, 3.05) is 66.7 Å². The number of nitrogens with one attached hydrogen (secondary N) is 1. The SMILES string of the molecule is CN=C(NCc1cccc(OCCN2CCOCC2)c1)N(C)CCOc1ccccc1. The number of guanidine groups is 1. The molecule has 0 unspecified atom stereocenters. The molecule has 0 saturated carbocycles. The van der Waals surface area contributed by atoms with Crippen LogP contribution in [0.2, 0.25) is 0 Å². The highest BCUT2D eigenvalue weighted by Gasteiger charge is 2.10. The summed E-state index contributed by atoms with van der Waals surface area (Å²) >= 11 is 0. The standard InChI is InChI=1S/C24H34N4O3/c1-25-24(27(2)11-17-30-22-8-4-3-5-9-22)26-20-21-7-6-10-23(19-21)31-18-14-28-12-15-29-16-13-28/h3-10,19H,11-18,20H2,1-2H3,(H,25,26). The van der Waals surface area contributed by atoms with Gasteiger partial charge in [-0.25, -0.2) is 0 Å². The first-order valence-corrected chi connectivity index (χ1v) is 10.9. The van der Waals surface area contributed by atoms with Crippen molar-refractivity contribution in [1.29, 1.82) is 0 Å². The van der Waals surface area contributed by atoms with E-state index in [4.69, 9.17) is 14.2 Å². The topological polar surface area (TPSA) is 58.6 Å². The van der Waals surface area contributed by atoms with Gasteiger partial charge in [0, 0.05) is 40.3 Å². The van der Waals surface area contributed by atoms with Crippen LogP contribution >= 0.6 is 0 Å². The fourth-order valence-corrected chi connectivity index (χ4v) is 3.35. The molecule has 1 heterocycles. The van der Waals surface area contributed by atoms with Crippen molar-refractivity contribution in [3.63, 3.8) is 0 Å². The molecular weight excluding hydrogens is 392 g/mol. The molecule has 0 amide bonds. The lowest BCUT2D eigenvalue weighted by atomic mass is 10.2. The van der Waals surface area contributed by atoms with Crippen molar-refractivity contribution in [3.8, 4) is 11.5 Å². The number of benzene rings is 2. The third-order valence-corrected chi connectivity index (χ3v) is 5.14. The van der Waals surface area contributed by atoms with E-state index in [2.05, 4.69) is 32.2 Å². The van der Waals surface area contributed by atoms with E-state index in [1.165, 1.54) is 0 Å². The fourth-order valence-electron chi connectivity index (χ4n) is 3.35. The summed E-state index contributed by atoms with van der Waals surface area (Å²) < 4.78 is 17.1. The largest absolute Gasteiger partial charge is 0.492 e. The van der Waals surface area contributed by atoms with Crippen LogP contribution in [0.25, 0.3) is 0 Å². The second-order valence-electron chi connectivity index (χ2n) is 7.43. The third-order valence-electron chi connectivity index (χ3n) is 5.14. The number of morpholine rings is 1. The molecule has 1 N–H and O–H groups in total. The van der Waals surface area contributed by atoms with Crippen LogP contribution in [0.3, 0.4) is 0 Å². The van der Waals surface area contributed by atoms with Gasteiger partial charge in [0.05, 0.1) is 19.8 Å². The summed E-state index contributed by atoms with van der Waals surface area (Å²) in [5, 5.41) is 3.41. The zero-order valence-corrected chi connectivity index (χ0v) is 18.6. The van der Waals surface area contributed by atoms with Crippen molar-refractivity contribution in [2.45, 2.75) is 6.54 Å². The number of nitrogens with zero attached hydrogens (tertiary/aromatic N) is 3. The number of hydrogen-bond donors (Lipinski definition) is 1. The maximum atomic E-state index is 5.96. The average Bonchev–Trinajstić information content (AvgIpc) is 2.81. The zero-order chi connectivity index (χ0) is 21.7. The number of likely N-dealkylation sites (N-methyl/N-ethyl adjacent to an activating group) is 1. The van der Waals surface area contributed by atoms with Crippen molar-refractivity contribution >= 4 is 5.96 Å². The van der Waals surface area contributed by atoms with Crippen LogP contribution in [0.1, 0.15) is 5.56 Å². The molecule has 1 aliphatic heterocycles. The molecule has 0 bridgehead atoms. The van der Waals surface area contributed by atoms with Gasteiger partial charge in [-0.2, -0.15) is 0 Å². The number of rotatable bonds is 10. The van der Waals surface area contributed by atoms with Crippen LogP contribution in [-0.4, -0.2) is 82.5 Å². The summed E-state index contributed by atoms with van der Waals surface area (Å²) in [6, 6.07) is 18.1. The minimum Gasteiger partial charge on any atom is -0.492 e. The first-order chi connectivity index (χ1) is 15.2. The van der Waals surface area contributed by atoms with Gasteiger partial charge >= 0.3 is 0 Å². The van der Waals surface area contributed by atoms with Crippen LogP contribution < -0.4 is 14.8 Å². The van der Waals surface area contributed by atoms with Crippen molar-refractivity contribution in [1.82, 2.24) is 15.1 Å². The Kier molecular flexibility index (Phi) is 9.47. The lowest BCUT2D eigenvalue weighted by molar-refractivity contribution is 0.0322. The van der Waals surface area contributed by atoms with E-state index in [0.29, 0.717) is 19.8 Å². The van der Waals surface area contributed by atoms with Gasteiger partial charge in [-0.05, 0) is 29.8 Å². The summed E-state index contributed by atoms with van der Waals surface area (Å²) in [6.45, 7) is 7.21. The van der Waals surface area contributed by atoms with E-state index in [-0.39, 0.29) is 0 Å². The molecular formula is C24H34N4O3. The zero-order valence-electron chi connectivity index (χ0n) is 18.6. The molecule has 7 nitrogen and oxygen atoms in total. The van der Waals surface area contributed by atoms with Crippen LogP contribution in [0.5, 0.6) is 11.5 Å². The Morgan fingerprint density at radius 2 is 1.77 bits per heavy atom. The smallest absolute Gasteiger partial charge is 0.193 e. The van der Waals surface area contributed by atoms with E-state index < -0.39 is 0 Å². The molecule has 0 aliphatic carbocycles. The highest BCUT2D eigenvalue weighted by molar-refractivity contribution is 5.79. The molecule has 1 saturated heterocycles. The summed E-state index contributed by atoms with van der Waals surface area (Å²) in [7, 11) is 3.80. The monoisotopic (exact) mass is 426 g/mol. The molecule has 0 aromatic heterocycles. The molecule has 2 aromatic carbocycles. The molecule has 168 valence electrons. The van der Waals surface area contributed by atoms with Crippen molar-refractivity contribution in [2.24, 2.45) is 4.99 Å². The minimum absolute atomic E-state index is 0.591. The molecule has 0 radical (unpaired) electrons. The summed E-state index contributed by atoms with van der Waals surface area (Å²) in [5.41, 5.74) is 1.15. The van der Waals surface area contributed by atoms with Crippen molar-refractivity contribution < 1.29 is 14.2 Å². The quantitative estimate of drug-likeness (QED) is 0.465. The Labute approximate surface area is 185 Å². The second-order valence-corrected chi connectivity index (χ2v) is 7.43. The summed E-state index contributed by atoms with van der Waals surface area (Å²) in [5.74, 6) is 2.60. The molecule has 1 fully saturated rings. The molecule has 1 aliphatic rings. The van der Waals surface area contributed by atoms with Gasteiger partial charge in [0.25, 0.3) is 0 Å². The number of hydrogen-bond acceptors (Lipinski definition) is 5. The second kappa shape index (κ2) is 12.8. The van der Waals surface area contributed by atoms with Gasteiger partial charge in [-0.3, -0.25) is 9.89 Å². The normalized spacial score (nSPS) is 14.8.